The number of anilines is 1. The van der Waals surface area contributed by atoms with Crippen LogP contribution in [-0.4, -0.2) is 16.9 Å². The molecular weight excluding hydrogens is 244 g/mol. The Kier molecular flexibility index (Phi) is 3.37. The summed E-state index contributed by atoms with van der Waals surface area (Å²) >= 11 is 6.03. The average Bonchev–Trinajstić information content (AvgIpc) is 2.86. The second-order valence-electron chi connectivity index (χ2n) is 4.98. The van der Waals surface area contributed by atoms with Gasteiger partial charge in [-0.15, -0.1) is 11.6 Å². The molecule has 0 spiro atoms. The standard InChI is InChI=1S/C15H17ClN2/c16-10-12-5-3-7-14(12)18-15-13-6-2-1-4-11(13)8-9-17-15/h1-2,4,6,8-9,12,14H,3,5,7,10H2,(H,17,18). The first-order valence-corrected chi connectivity index (χ1v) is 7.08. The highest BCUT2D eigenvalue weighted by Gasteiger charge is 2.26. The molecule has 2 aromatic rings. The van der Waals surface area contributed by atoms with Gasteiger partial charge in [-0.2, -0.15) is 0 Å². The summed E-state index contributed by atoms with van der Waals surface area (Å²) < 4.78 is 0. The molecule has 94 valence electrons. The third-order valence-electron chi connectivity index (χ3n) is 3.85. The minimum absolute atomic E-state index is 0.473. The number of hydrogen-bond donors (Lipinski definition) is 1. The summed E-state index contributed by atoms with van der Waals surface area (Å²) in [6.45, 7) is 0. The van der Waals surface area contributed by atoms with E-state index >= 15 is 0 Å². The van der Waals surface area contributed by atoms with Crippen LogP contribution in [0.25, 0.3) is 10.8 Å². The number of nitrogens with one attached hydrogen (secondary N) is 1. The van der Waals surface area contributed by atoms with Crippen LogP contribution in [-0.2, 0) is 0 Å². The van der Waals surface area contributed by atoms with Crippen LogP contribution in [0.4, 0.5) is 5.82 Å². The fourth-order valence-corrected chi connectivity index (χ4v) is 3.19. The number of fused-ring (bicyclic) bond motifs is 1. The molecule has 1 fully saturated rings. The smallest absolute Gasteiger partial charge is 0.134 e. The molecule has 1 aliphatic rings. The predicted molar refractivity (Wildman–Crippen MR) is 77.2 cm³/mol. The number of halogens is 1. The maximum atomic E-state index is 6.03. The summed E-state index contributed by atoms with van der Waals surface area (Å²) in [6.07, 6.45) is 5.56. The molecule has 2 unspecified atom stereocenters. The van der Waals surface area contributed by atoms with Crippen LogP contribution in [0.1, 0.15) is 19.3 Å². The Bertz CT molecular complexity index is 536. The second kappa shape index (κ2) is 5.15. The molecule has 1 N–H and O–H groups in total. The second-order valence-corrected chi connectivity index (χ2v) is 5.29. The first-order chi connectivity index (χ1) is 8.88. The van der Waals surface area contributed by atoms with Crippen molar-refractivity contribution < 1.29 is 0 Å². The van der Waals surface area contributed by atoms with Crippen LogP contribution in [0, 0.1) is 5.92 Å². The Labute approximate surface area is 112 Å². The van der Waals surface area contributed by atoms with Crippen LogP contribution in [0.5, 0.6) is 0 Å². The summed E-state index contributed by atoms with van der Waals surface area (Å²) in [5, 5.41) is 6.02. The molecule has 18 heavy (non-hydrogen) atoms. The Morgan fingerprint density at radius 3 is 3.00 bits per heavy atom. The average molecular weight is 261 g/mol. The molecular formula is C15H17ClN2. The van der Waals surface area contributed by atoms with Crippen molar-refractivity contribution in [2.24, 2.45) is 5.92 Å². The van der Waals surface area contributed by atoms with Gasteiger partial charge in [0.1, 0.15) is 5.82 Å². The maximum Gasteiger partial charge on any atom is 0.134 e. The van der Waals surface area contributed by atoms with Crippen molar-refractivity contribution in [3.63, 3.8) is 0 Å². The monoisotopic (exact) mass is 260 g/mol. The number of rotatable bonds is 3. The highest BCUT2D eigenvalue weighted by molar-refractivity contribution is 6.18. The van der Waals surface area contributed by atoms with E-state index in [0.29, 0.717) is 12.0 Å². The van der Waals surface area contributed by atoms with E-state index < -0.39 is 0 Å². The minimum atomic E-state index is 0.473. The van der Waals surface area contributed by atoms with Gasteiger partial charge in [-0.25, -0.2) is 4.98 Å². The number of aromatic nitrogens is 1. The summed E-state index contributed by atoms with van der Waals surface area (Å²) in [5.41, 5.74) is 0. The zero-order valence-electron chi connectivity index (χ0n) is 10.3. The van der Waals surface area contributed by atoms with E-state index in [1.54, 1.807) is 0 Å². The molecule has 3 rings (SSSR count). The van der Waals surface area contributed by atoms with E-state index in [-0.39, 0.29) is 0 Å². The molecule has 2 atom stereocenters. The first-order valence-electron chi connectivity index (χ1n) is 6.55. The summed E-state index contributed by atoms with van der Waals surface area (Å²) in [5.74, 6) is 2.31. The van der Waals surface area contributed by atoms with Gasteiger partial charge in [0.05, 0.1) is 0 Å². The van der Waals surface area contributed by atoms with E-state index in [9.17, 15) is 0 Å². The molecule has 1 heterocycles. The molecule has 1 aromatic carbocycles. The van der Waals surface area contributed by atoms with E-state index in [1.165, 1.54) is 30.0 Å². The fourth-order valence-electron chi connectivity index (χ4n) is 2.82. The lowest BCUT2D eigenvalue weighted by molar-refractivity contribution is 0.561. The highest BCUT2D eigenvalue weighted by atomic mass is 35.5. The van der Waals surface area contributed by atoms with Crippen molar-refractivity contribution >= 4 is 28.2 Å². The quantitative estimate of drug-likeness (QED) is 0.842. The number of alkyl halides is 1. The first kappa shape index (κ1) is 11.8. The molecule has 0 bridgehead atoms. The fraction of sp³-hybridized carbons (Fsp3) is 0.400. The molecule has 1 saturated carbocycles. The number of hydrogen-bond acceptors (Lipinski definition) is 2. The zero-order valence-corrected chi connectivity index (χ0v) is 11.0. The van der Waals surface area contributed by atoms with Gasteiger partial charge in [0, 0.05) is 23.5 Å². The molecule has 0 saturated heterocycles. The lowest BCUT2D eigenvalue weighted by Gasteiger charge is -2.20. The Morgan fingerprint density at radius 1 is 1.22 bits per heavy atom. The SMILES string of the molecule is ClCC1CCCC1Nc1nccc2ccccc12. The lowest BCUT2D eigenvalue weighted by atomic mass is 10.1. The Morgan fingerprint density at radius 2 is 2.11 bits per heavy atom. The van der Waals surface area contributed by atoms with Crippen LogP contribution in [0.2, 0.25) is 0 Å². The number of benzene rings is 1. The molecule has 1 aliphatic carbocycles. The van der Waals surface area contributed by atoms with Crippen molar-refractivity contribution in [1.82, 2.24) is 4.98 Å². The van der Waals surface area contributed by atoms with E-state index in [4.69, 9.17) is 11.6 Å². The zero-order chi connectivity index (χ0) is 12.4. The largest absolute Gasteiger partial charge is 0.367 e. The van der Waals surface area contributed by atoms with Gasteiger partial charge in [-0.3, -0.25) is 0 Å². The summed E-state index contributed by atoms with van der Waals surface area (Å²) in [7, 11) is 0. The Hall–Kier alpha value is -1.28. The molecule has 1 aromatic heterocycles. The van der Waals surface area contributed by atoms with Crippen molar-refractivity contribution in [2.75, 3.05) is 11.2 Å². The molecule has 0 aliphatic heterocycles. The van der Waals surface area contributed by atoms with Crippen LogP contribution in [0.3, 0.4) is 0 Å². The maximum absolute atomic E-state index is 6.03. The van der Waals surface area contributed by atoms with Gasteiger partial charge in [-0.05, 0) is 30.2 Å². The number of nitrogens with zero attached hydrogens (tertiary/aromatic N) is 1. The van der Waals surface area contributed by atoms with E-state index in [2.05, 4.69) is 34.6 Å². The van der Waals surface area contributed by atoms with Gasteiger partial charge in [-0.1, -0.05) is 30.7 Å². The molecule has 0 amide bonds. The van der Waals surface area contributed by atoms with Gasteiger partial charge in [0.2, 0.25) is 0 Å². The Balaban J connectivity index is 1.90. The van der Waals surface area contributed by atoms with Crippen molar-refractivity contribution in [3.8, 4) is 0 Å². The van der Waals surface area contributed by atoms with E-state index in [0.717, 1.165) is 11.7 Å². The third-order valence-corrected chi connectivity index (χ3v) is 4.25. The van der Waals surface area contributed by atoms with Crippen molar-refractivity contribution in [1.29, 1.82) is 0 Å². The third kappa shape index (κ3) is 2.17. The predicted octanol–water partition coefficient (Wildman–Crippen LogP) is 4.05. The van der Waals surface area contributed by atoms with Crippen molar-refractivity contribution in [2.45, 2.75) is 25.3 Å². The van der Waals surface area contributed by atoms with Crippen LogP contribution < -0.4 is 5.32 Å². The number of pyridine rings is 1. The van der Waals surface area contributed by atoms with Crippen LogP contribution in [0.15, 0.2) is 36.5 Å². The molecule has 2 nitrogen and oxygen atoms in total. The lowest BCUT2D eigenvalue weighted by Crippen LogP contribution is -2.25. The van der Waals surface area contributed by atoms with Gasteiger partial charge < -0.3 is 5.32 Å². The normalized spacial score (nSPS) is 23.4. The topological polar surface area (TPSA) is 24.9 Å². The summed E-state index contributed by atoms with van der Waals surface area (Å²) in [6, 6.07) is 10.9. The van der Waals surface area contributed by atoms with Gasteiger partial charge in [0.25, 0.3) is 0 Å². The highest BCUT2D eigenvalue weighted by Crippen LogP contribution is 2.30. The summed E-state index contributed by atoms with van der Waals surface area (Å²) in [4.78, 5) is 4.48. The minimum Gasteiger partial charge on any atom is -0.367 e. The molecule has 0 radical (unpaired) electrons. The van der Waals surface area contributed by atoms with Crippen LogP contribution >= 0.6 is 11.6 Å². The van der Waals surface area contributed by atoms with E-state index in [1.807, 2.05) is 12.3 Å². The van der Waals surface area contributed by atoms with Gasteiger partial charge in [0.15, 0.2) is 0 Å². The van der Waals surface area contributed by atoms with Gasteiger partial charge >= 0.3 is 0 Å². The molecule has 3 heteroatoms. The van der Waals surface area contributed by atoms with Crippen molar-refractivity contribution in [3.05, 3.63) is 36.5 Å².